The molecule has 5 heteroatoms. The molecule has 17 heavy (non-hydrogen) atoms. The Morgan fingerprint density at radius 1 is 1.47 bits per heavy atom. The van der Waals surface area contributed by atoms with E-state index in [0.29, 0.717) is 6.07 Å². The Balaban J connectivity index is 2.08. The van der Waals surface area contributed by atoms with Crippen molar-refractivity contribution in [3.05, 3.63) is 41.7 Å². The summed E-state index contributed by atoms with van der Waals surface area (Å²) < 4.78 is 25.9. The first-order chi connectivity index (χ1) is 8.16. The second kappa shape index (κ2) is 5.03. The molecular formula is C12H12F2N2O. The molecular weight excluding hydrogens is 226 g/mol. The number of halogens is 2. The van der Waals surface area contributed by atoms with Crippen LogP contribution in [0.4, 0.5) is 8.78 Å². The van der Waals surface area contributed by atoms with Crippen molar-refractivity contribution in [1.82, 2.24) is 10.3 Å². The topological polar surface area (TPSA) is 42.0 Å². The molecule has 1 aliphatic carbocycles. The van der Waals surface area contributed by atoms with E-state index in [0.717, 1.165) is 25.5 Å². The third kappa shape index (κ3) is 2.87. The number of carbonyl (C=O) groups excluding carboxylic acids is 1. The van der Waals surface area contributed by atoms with Gasteiger partial charge in [0, 0.05) is 12.1 Å². The molecule has 0 bridgehead atoms. The van der Waals surface area contributed by atoms with Crippen LogP contribution in [0.15, 0.2) is 24.4 Å². The summed E-state index contributed by atoms with van der Waals surface area (Å²) in [6.45, 7) is 0. The highest BCUT2D eigenvalue weighted by atomic mass is 19.1. The largest absolute Gasteiger partial charge is 0.344 e. The summed E-state index contributed by atoms with van der Waals surface area (Å²) in [5.41, 5.74) is -0.370. The van der Waals surface area contributed by atoms with Crippen LogP contribution >= 0.6 is 0 Å². The Morgan fingerprint density at radius 2 is 2.29 bits per heavy atom. The number of amides is 1. The minimum Gasteiger partial charge on any atom is -0.344 e. The number of carbonyl (C=O) groups is 1. The Kier molecular flexibility index (Phi) is 3.46. The van der Waals surface area contributed by atoms with Gasteiger partial charge in [-0.1, -0.05) is 12.2 Å². The minimum atomic E-state index is -0.942. The number of aromatic nitrogens is 1. The van der Waals surface area contributed by atoms with E-state index in [4.69, 9.17) is 0 Å². The van der Waals surface area contributed by atoms with E-state index < -0.39 is 17.5 Å². The Bertz CT molecular complexity index is 460. The number of pyridine rings is 1. The molecule has 0 radical (unpaired) electrons. The molecule has 1 aromatic heterocycles. The van der Waals surface area contributed by atoms with Crippen LogP contribution in [0.2, 0.25) is 0 Å². The highest BCUT2D eigenvalue weighted by Crippen LogP contribution is 2.12. The molecule has 1 atom stereocenters. The monoisotopic (exact) mass is 238 g/mol. The van der Waals surface area contributed by atoms with Crippen molar-refractivity contribution in [3.63, 3.8) is 0 Å². The fraction of sp³-hybridized carbons (Fsp3) is 0.333. The Labute approximate surface area is 97.6 Å². The second-order valence-electron chi connectivity index (χ2n) is 3.92. The van der Waals surface area contributed by atoms with Crippen LogP contribution in [0.5, 0.6) is 0 Å². The van der Waals surface area contributed by atoms with Crippen LogP contribution in [-0.2, 0) is 0 Å². The van der Waals surface area contributed by atoms with Gasteiger partial charge in [-0.2, -0.15) is 0 Å². The van der Waals surface area contributed by atoms with Crippen molar-refractivity contribution in [2.24, 2.45) is 0 Å². The fourth-order valence-corrected chi connectivity index (χ4v) is 1.75. The highest BCUT2D eigenvalue weighted by Gasteiger charge is 2.17. The maximum atomic E-state index is 13.3. The molecule has 1 aromatic rings. The molecule has 90 valence electrons. The number of hydrogen-bond donors (Lipinski definition) is 1. The van der Waals surface area contributed by atoms with E-state index >= 15 is 0 Å². The van der Waals surface area contributed by atoms with E-state index in [1.165, 1.54) is 0 Å². The normalized spacial score (nSPS) is 19.1. The standard InChI is InChI=1S/C12H12F2N2O/c13-8-6-10(14)11(15-7-8)12(17)16-9-4-2-1-3-5-9/h2,4,6-7,9H,1,3,5H2,(H,16,17). The van der Waals surface area contributed by atoms with Gasteiger partial charge in [-0.15, -0.1) is 0 Å². The SMILES string of the molecule is O=C(NC1C=CCCC1)c1ncc(F)cc1F. The summed E-state index contributed by atoms with van der Waals surface area (Å²) in [5.74, 6) is -2.35. The average molecular weight is 238 g/mol. The molecule has 3 nitrogen and oxygen atoms in total. The predicted molar refractivity (Wildman–Crippen MR) is 58.4 cm³/mol. The summed E-state index contributed by atoms with van der Waals surface area (Å²) in [6.07, 6.45) is 7.49. The van der Waals surface area contributed by atoms with E-state index in [-0.39, 0.29) is 11.7 Å². The van der Waals surface area contributed by atoms with Gasteiger partial charge in [0.1, 0.15) is 5.82 Å². The van der Waals surface area contributed by atoms with Crippen molar-refractivity contribution in [2.45, 2.75) is 25.3 Å². The molecule has 0 aromatic carbocycles. The zero-order valence-corrected chi connectivity index (χ0v) is 9.12. The molecule has 0 aliphatic heterocycles. The van der Waals surface area contributed by atoms with E-state index in [1.807, 2.05) is 12.2 Å². The van der Waals surface area contributed by atoms with Crippen molar-refractivity contribution in [1.29, 1.82) is 0 Å². The summed E-state index contributed by atoms with van der Waals surface area (Å²) in [6, 6.07) is 0.557. The van der Waals surface area contributed by atoms with Crippen LogP contribution in [0.3, 0.4) is 0 Å². The summed E-state index contributed by atoms with van der Waals surface area (Å²) in [4.78, 5) is 15.1. The van der Waals surface area contributed by atoms with Gasteiger partial charge in [0.05, 0.1) is 6.20 Å². The average Bonchev–Trinajstić information content (AvgIpc) is 2.30. The number of nitrogens with zero attached hydrogens (tertiary/aromatic N) is 1. The van der Waals surface area contributed by atoms with E-state index in [1.54, 1.807) is 0 Å². The molecule has 1 unspecified atom stereocenters. The first-order valence-electron chi connectivity index (χ1n) is 5.45. The van der Waals surface area contributed by atoms with Gasteiger partial charge in [0.25, 0.3) is 5.91 Å². The van der Waals surface area contributed by atoms with Crippen molar-refractivity contribution in [2.75, 3.05) is 0 Å². The van der Waals surface area contributed by atoms with Crippen LogP contribution < -0.4 is 5.32 Å². The van der Waals surface area contributed by atoms with Crippen molar-refractivity contribution >= 4 is 5.91 Å². The molecule has 1 heterocycles. The lowest BCUT2D eigenvalue weighted by atomic mass is 10.0. The lowest BCUT2D eigenvalue weighted by Gasteiger charge is -2.17. The molecule has 0 spiro atoms. The lowest BCUT2D eigenvalue weighted by Crippen LogP contribution is -2.35. The van der Waals surface area contributed by atoms with Gasteiger partial charge in [-0.25, -0.2) is 13.8 Å². The smallest absolute Gasteiger partial charge is 0.273 e. The quantitative estimate of drug-likeness (QED) is 0.802. The van der Waals surface area contributed by atoms with Crippen LogP contribution in [0.1, 0.15) is 29.8 Å². The lowest BCUT2D eigenvalue weighted by molar-refractivity contribution is 0.0932. The Morgan fingerprint density at radius 3 is 2.94 bits per heavy atom. The predicted octanol–water partition coefficient (Wildman–Crippen LogP) is 2.20. The zero-order chi connectivity index (χ0) is 12.3. The van der Waals surface area contributed by atoms with Crippen molar-refractivity contribution in [3.8, 4) is 0 Å². The van der Waals surface area contributed by atoms with Gasteiger partial charge < -0.3 is 5.32 Å². The van der Waals surface area contributed by atoms with Gasteiger partial charge in [-0.05, 0) is 19.3 Å². The molecule has 2 rings (SSSR count). The molecule has 1 N–H and O–H groups in total. The second-order valence-corrected chi connectivity index (χ2v) is 3.92. The van der Waals surface area contributed by atoms with Crippen LogP contribution in [0.25, 0.3) is 0 Å². The van der Waals surface area contributed by atoms with E-state index in [2.05, 4.69) is 10.3 Å². The van der Waals surface area contributed by atoms with Gasteiger partial charge >= 0.3 is 0 Å². The third-order valence-corrected chi connectivity index (χ3v) is 2.59. The molecule has 1 amide bonds. The first-order valence-corrected chi connectivity index (χ1v) is 5.45. The molecule has 0 fully saturated rings. The number of nitrogens with one attached hydrogen (secondary N) is 1. The fourth-order valence-electron chi connectivity index (χ4n) is 1.75. The van der Waals surface area contributed by atoms with Gasteiger partial charge in [0.15, 0.2) is 11.5 Å². The third-order valence-electron chi connectivity index (χ3n) is 2.59. The highest BCUT2D eigenvalue weighted by molar-refractivity contribution is 5.92. The summed E-state index contributed by atoms with van der Waals surface area (Å²) in [7, 11) is 0. The number of hydrogen-bond acceptors (Lipinski definition) is 2. The van der Waals surface area contributed by atoms with Crippen LogP contribution in [0, 0.1) is 11.6 Å². The maximum absolute atomic E-state index is 13.3. The first kappa shape index (κ1) is 11.7. The molecule has 1 aliphatic rings. The molecule has 0 saturated heterocycles. The number of rotatable bonds is 2. The van der Waals surface area contributed by atoms with Crippen molar-refractivity contribution < 1.29 is 13.6 Å². The van der Waals surface area contributed by atoms with Gasteiger partial charge in [-0.3, -0.25) is 4.79 Å². The Hall–Kier alpha value is -1.78. The summed E-state index contributed by atoms with van der Waals surface area (Å²) >= 11 is 0. The number of allylic oxidation sites excluding steroid dienone is 1. The van der Waals surface area contributed by atoms with Crippen LogP contribution in [-0.4, -0.2) is 16.9 Å². The van der Waals surface area contributed by atoms with E-state index in [9.17, 15) is 13.6 Å². The summed E-state index contributed by atoms with van der Waals surface area (Å²) in [5, 5.41) is 2.64. The molecule has 0 saturated carbocycles. The maximum Gasteiger partial charge on any atom is 0.273 e. The van der Waals surface area contributed by atoms with Gasteiger partial charge in [0.2, 0.25) is 0 Å². The zero-order valence-electron chi connectivity index (χ0n) is 9.12. The minimum absolute atomic E-state index is 0.0949.